The zero-order valence-electron chi connectivity index (χ0n) is 18.0. The molecule has 0 aliphatic heterocycles. The zero-order chi connectivity index (χ0) is 23.2. The number of carbonyl (C=O) groups is 2. The average molecular weight is 546 g/mol. The first-order valence-corrected chi connectivity index (χ1v) is 12.5. The summed E-state index contributed by atoms with van der Waals surface area (Å²) in [7, 11) is 0. The fourth-order valence-electron chi connectivity index (χ4n) is 2.88. The van der Waals surface area contributed by atoms with E-state index in [1.807, 2.05) is 45.0 Å². The van der Waals surface area contributed by atoms with E-state index in [0.717, 1.165) is 15.6 Å². The zero-order valence-corrected chi connectivity index (χ0v) is 22.0. The van der Waals surface area contributed by atoms with Gasteiger partial charge in [0.2, 0.25) is 11.8 Å². The second-order valence-corrected chi connectivity index (χ2v) is 11.0. The summed E-state index contributed by atoms with van der Waals surface area (Å²) in [4.78, 5) is 27.6. The molecule has 0 saturated carbocycles. The molecular weight excluding hydrogens is 519 g/mol. The molecule has 2 rings (SSSR count). The number of carbonyl (C=O) groups excluding carboxylic acids is 2. The van der Waals surface area contributed by atoms with Gasteiger partial charge in [-0.25, -0.2) is 0 Å². The van der Waals surface area contributed by atoms with Crippen LogP contribution in [0.4, 0.5) is 0 Å². The van der Waals surface area contributed by atoms with E-state index in [9.17, 15) is 9.59 Å². The van der Waals surface area contributed by atoms with Crippen LogP contribution in [0.5, 0.6) is 0 Å². The van der Waals surface area contributed by atoms with Crippen molar-refractivity contribution in [3.63, 3.8) is 0 Å². The molecule has 2 aromatic carbocycles. The van der Waals surface area contributed by atoms with Gasteiger partial charge in [0.25, 0.3) is 0 Å². The number of hydrogen-bond acceptors (Lipinski definition) is 3. The van der Waals surface area contributed by atoms with Crippen molar-refractivity contribution in [2.75, 3.05) is 5.75 Å². The fourth-order valence-corrected chi connectivity index (χ4v) is 4.98. The average Bonchev–Trinajstić information content (AvgIpc) is 2.66. The molecule has 0 aliphatic carbocycles. The molecule has 0 bridgehead atoms. The van der Waals surface area contributed by atoms with E-state index < -0.39 is 6.04 Å². The molecule has 0 aromatic heterocycles. The van der Waals surface area contributed by atoms with Crippen molar-refractivity contribution in [1.29, 1.82) is 0 Å². The number of thioether (sulfide) groups is 1. The highest BCUT2D eigenvalue weighted by atomic mass is 79.9. The second-order valence-electron chi connectivity index (χ2n) is 8.26. The molecule has 0 fully saturated rings. The molecule has 4 nitrogen and oxygen atoms in total. The summed E-state index contributed by atoms with van der Waals surface area (Å²) in [6, 6.07) is 12.5. The molecule has 2 amide bonds. The first-order valence-electron chi connectivity index (χ1n) is 9.84. The number of halogens is 3. The third-order valence-electron chi connectivity index (χ3n) is 4.44. The fraction of sp³-hybridized carbons (Fsp3) is 0.391. The van der Waals surface area contributed by atoms with Crippen molar-refractivity contribution in [2.45, 2.75) is 51.6 Å². The van der Waals surface area contributed by atoms with Crippen molar-refractivity contribution in [3.05, 3.63) is 68.1 Å². The Balaban J connectivity index is 2.14. The van der Waals surface area contributed by atoms with E-state index in [0.29, 0.717) is 22.3 Å². The van der Waals surface area contributed by atoms with Crippen LogP contribution in [0.25, 0.3) is 0 Å². The Morgan fingerprint density at radius 1 is 1.13 bits per heavy atom. The Hall–Kier alpha value is -1.21. The lowest BCUT2D eigenvalue weighted by molar-refractivity contribution is -0.139. The SMILES string of the molecule is C[C@H](C(=O)NC(C)(C)C)N(Cc1cccc(Br)c1)C(=O)CSCc1c(Cl)cccc1Cl. The number of amides is 2. The summed E-state index contributed by atoms with van der Waals surface area (Å²) in [5, 5.41) is 4.12. The van der Waals surface area contributed by atoms with E-state index in [4.69, 9.17) is 23.2 Å². The van der Waals surface area contributed by atoms with E-state index >= 15 is 0 Å². The van der Waals surface area contributed by atoms with Crippen molar-refractivity contribution >= 4 is 62.7 Å². The molecule has 1 atom stereocenters. The van der Waals surface area contributed by atoms with Gasteiger partial charge < -0.3 is 10.2 Å². The van der Waals surface area contributed by atoms with Crippen LogP contribution in [0.15, 0.2) is 46.9 Å². The molecule has 0 aliphatic rings. The van der Waals surface area contributed by atoms with E-state index in [1.54, 1.807) is 30.0 Å². The molecule has 8 heteroatoms. The topological polar surface area (TPSA) is 49.4 Å². The van der Waals surface area contributed by atoms with Crippen LogP contribution >= 0.6 is 50.9 Å². The van der Waals surface area contributed by atoms with Gasteiger partial charge in [0.05, 0.1) is 5.75 Å². The minimum atomic E-state index is -0.616. The highest BCUT2D eigenvalue weighted by Gasteiger charge is 2.28. The summed E-state index contributed by atoms with van der Waals surface area (Å²) in [6.07, 6.45) is 0. The van der Waals surface area contributed by atoms with E-state index in [1.165, 1.54) is 11.8 Å². The van der Waals surface area contributed by atoms with Gasteiger partial charge in [0, 0.05) is 32.4 Å². The second kappa shape index (κ2) is 11.6. The molecule has 0 spiro atoms. The smallest absolute Gasteiger partial charge is 0.242 e. The minimum Gasteiger partial charge on any atom is -0.350 e. The highest BCUT2D eigenvalue weighted by molar-refractivity contribution is 9.10. The highest BCUT2D eigenvalue weighted by Crippen LogP contribution is 2.28. The van der Waals surface area contributed by atoms with Gasteiger partial charge in [-0.05, 0) is 63.1 Å². The Labute approximate surface area is 207 Å². The summed E-state index contributed by atoms with van der Waals surface area (Å²) in [5.41, 5.74) is 1.36. The van der Waals surface area contributed by atoms with Crippen molar-refractivity contribution < 1.29 is 9.59 Å². The lowest BCUT2D eigenvalue weighted by Gasteiger charge is -2.31. The molecule has 0 saturated heterocycles. The van der Waals surface area contributed by atoms with Gasteiger partial charge in [0.15, 0.2) is 0 Å². The lowest BCUT2D eigenvalue weighted by atomic mass is 10.1. The van der Waals surface area contributed by atoms with E-state index in [-0.39, 0.29) is 23.1 Å². The quantitative estimate of drug-likeness (QED) is 0.422. The number of nitrogens with zero attached hydrogens (tertiary/aromatic N) is 1. The lowest BCUT2D eigenvalue weighted by Crippen LogP contribution is -2.52. The van der Waals surface area contributed by atoms with Gasteiger partial charge in [-0.3, -0.25) is 9.59 Å². The molecule has 0 radical (unpaired) electrons. The van der Waals surface area contributed by atoms with Gasteiger partial charge >= 0.3 is 0 Å². The van der Waals surface area contributed by atoms with E-state index in [2.05, 4.69) is 21.2 Å². The largest absolute Gasteiger partial charge is 0.350 e. The van der Waals surface area contributed by atoms with Crippen LogP contribution in [-0.2, 0) is 21.9 Å². The standard InChI is InChI=1S/C23H27BrCl2N2O2S/c1-15(22(30)27-23(2,3)4)28(12-16-7-5-8-17(24)11-16)21(29)14-31-13-18-19(25)9-6-10-20(18)26/h5-11,15H,12-14H2,1-4H3,(H,27,30)/t15-/m1/s1. The molecule has 168 valence electrons. The third-order valence-corrected chi connectivity index (χ3v) is 6.59. The molecule has 0 heterocycles. The van der Waals surface area contributed by atoms with Crippen LogP contribution in [0.2, 0.25) is 10.0 Å². The minimum absolute atomic E-state index is 0.121. The van der Waals surface area contributed by atoms with Gasteiger partial charge in [-0.15, -0.1) is 11.8 Å². The number of hydrogen-bond donors (Lipinski definition) is 1. The van der Waals surface area contributed by atoms with Crippen molar-refractivity contribution in [3.8, 4) is 0 Å². The maximum absolute atomic E-state index is 13.2. The third kappa shape index (κ3) is 8.33. The maximum atomic E-state index is 13.2. The molecule has 0 unspecified atom stereocenters. The Kier molecular flexibility index (Phi) is 9.74. The predicted molar refractivity (Wildman–Crippen MR) is 135 cm³/mol. The predicted octanol–water partition coefficient (Wildman–Crippen LogP) is 6.32. The van der Waals surface area contributed by atoms with Crippen LogP contribution in [0.3, 0.4) is 0 Å². The Bertz CT molecular complexity index is 914. The van der Waals surface area contributed by atoms with Crippen LogP contribution < -0.4 is 5.32 Å². The summed E-state index contributed by atoms with van der Waals surface area (Å²) in [6.45, 7) is 7.85. The van der Waals surface area contributed by atoms with Crippen LogP contribution in [-0.4, -0.2) is 34.0 Å². The van der Waals surface area contributed by atoms with Crippen LogP contribution in [0, 0.1) is 0 Å². The monoisotopic (exact) mass is 544 g/mol. The summed E-state index contributed by atoms with van der Waals surface area (Å²) in [5.74, 6) is 0.417. The molecule has 2 aromatic rings. The van der Waals surface area contributed by atoms with Gasteiger partial charge in [0.1, 0.15) is 6.04 Å². The Morgan fingerprint density at radius 2 is 1.74 bits per heavy atom. The Morgan fingerprint density at radius 3 is 2.32 bits per heavy atom. The van der Waals surface area contributed by atoms with Crippen LogP contribution in [0.1, 0.15) is 38.8 Å². The maximum Gasteiger partial charge on any atom is 0.242 e. The number of benzene rings is 2. The first kappa shape index (κ1) is 26.0. The van der Waals surface area contributed by atoms with Crippen molar-refractivity contribution in [2.24, 2.45) is 0 Å². The number of rotatable bonds is 8. The molecule has 1 N–H and O–H groups in total. The normalized spacial score (nSPS) is 12.4. The summed E-state index contributed by atoms with van der Waals surface area (Å²) >= 11 is 17.4. The van der Waals surface area contributed by atoms with Gasteiger partial charge in [-0.1, -0.05) is 57.3 Å². The number of nitrogens with one attached hydrogen (secondary N) is 1. The van der Waals surface area contributed by atoms with Gasteiger partial charge in [-0.2, -0.15) is 0 Å². The van der Waals surface area contributed by atoms with Crippen molar-refractivity contribution in [1.82, 2.24) is 10.2 Å². The summed E-state index contributed by atoms with van der Waals surface area (Å²) < 4.78 is 0.923. The first-order chi connectivity index (χ1) is 14.5. The molecular formula is C23H27BrCl2N2O2S. The molecule has 31 heavy (non-hydrogen) atoms.